The molecule has 7 heteroatoms. The smallest absolute Gasteiger partial charge is 0.269 e. The van der Waals surface area contributed by atoms with Crippen LogP contribution < -0.4 is 5.32 Å². The summed E-state index contributed by atoms with van der Waals surface area (Å²) in [5.41, 5.74) is 1.46. The molecule has 1 atom stereocenters. The Bertz CT molecular complexity index is 693. The van der Waals surface area contributed by atoms with Gasteiger partial charge in [-0.25, -0.2) is 0 Å². The van der Waals surface area contributed by atoms with E-state index >= 15 is 0 Å². The maximum Gasteiger partial charge on any atom is 0.269 e. The molecule has 1 aromatic heterocycles. The number of hydrogen-bond acceptors (Lipinski definition) is 6. The lowest BCUT2D eigenvalue weighted by molar-refractivity contribution is 0.102. The minimum Gasteiger partial charge on any atom is -0.320 e. The first-order chi connectivity index (χ1) is 10.7. The predicted octanol–water partition coefficient (Wildman–Crippen LogP) is 3.60. The second kappa shape index (κ2) is 7.92. The zero-order valence-corrected chi connectivity index (χ0v) is 14.0. The number of nitriles is 1. The van der Waals surface area contributed by atoms with Crippen LogP contribution in [0.3, 0.4) is 0 Å². The molecule has 1 aromatic carbocycles. The lowest BCUT2D eigenvalue weighted by Gasteiger charge is -2.10. The van der Waals surface area contributed by atoms with Crippen molar-refractivity contribution < 1.29 is 4.79 Å². The van der Waals surface area contributed by atoms with Gasteiger partial charge in [0.05, 0.1) is 23.4 Å². The van der Waals surface area contributed by atoms with Crippen LogP contribution in [0.1, 0.15) is 29.2 Å². The fraction of sp³-hybridized carbons (Fsp3) is 0.333. The lowest BCUT2D eigenvalue weighted by Crippen LogP contribution is -2.13. The zero-order chi connectivity index (χ0) is 15.9. The topological polar surface area (TPSA) is 78.7 Å². The Hall–Kier alpha value is -1.91. The molecular weight excluding hydrogens is 316 g/mol. The molecule has 2 aromatic rings. The molecule has 114 valence electrons. The number of amides is 1. The first-order valence-corrected chi connectivity index (χ1v) is 8.65. The summed E-state index contributed by atoms with van der Waals surface area (Å²) in [6, 6.07) is 9.80. The summed E-state index contributed by atoms with van der Waals surface area (Å²) in [5.74, 6) is 0.463. The van der Waals surface area contributed by atoms with Crippen molar-refractivity contribution in [2.24, 2.45) is 5.92 Å². The number of aryl methyl sites for hydroxylation is 1. The van der Waals surface area contributed by atoms with E-state index in [2.05, 4.69) is 21.0 Å². The van der Waals surface area contributed by atoms with E-state index < -0.39 is 0 Å². The summed E-state index contributed by atoms with van der Waals surface area (Å²) < 4.78 is 3.84. The van der Waals surface area contributed by atoms with Crippen molar-refractivity contribution in [2.75, 3.05) is 11.1 Å². The fourth-order valence-electron chi connectivity index (χ4n) is 1.74. The number of thioether (sulfide) groups is 1. The predicted molar refractivity (Wildman–Crippen MR) is 89.2 cm³/mol. The van der Waals surface area contributed by atoms with Crippen LogP contribution in [0, 0.1) is 17.2 Å². The van der Waals surface area contributed by atoms with Gasteiger partial charge in [-0.05, 0) is 37.0 Å². The molecule has 0 spiro atoms. The second-order valence-corrected chi connectivity index (χ2v) is 6.51. The third-order valence-corrected chi connectivity index (χ3v) is 5.04. The Morgan fingerprint density at radius 1 is 1.50 bits per heavy atom. The van der Waals surface area contributed by atoms with Gasteiger partial charge in [0.15, 0.2) is 0 Å². The molecule has 0 unspecified atom stereocenters. The molecule has 0 saturated heterocycles. The molecule has 1 amide bonds. The number of carbonyl (C=O) groups excluding carboxylic acids is 1. The summed E-state index contributed by atoms with van der Waals surface area (Å²) in [6.07, 6.45) is 0.676. The van der Waals surface area contributed by atoms with E-state index in [-0.39, 0.29) is 11.8 Å². The number of hydrogen-bond donors (Lipinski definition) is 1. The molecule has 0 aliphatic rings. The Labute approximate surface area is 137 Å². The summed E-state index contributed by atoms with van der Waals surface area (Å²) in [6.45, 7) is 3.82. The molecule has 0 fully saturated rings. The van der Waals surface area contributed by atoms with Crippen LogP contribution in [0.2, 0.25) is 0 Å². The van der Waals surface area contributed by atoms with E-state index in [9.17, 15) is 4.79 Å². The van der Waals surface area contributed by atoms with Crippen molar-refractivity contribution >= 4 is 34.9 Å². The number of rotatable bonds is 6. The van der Waals surface area contributed by atoms with E-state index in [0.29, 0.717) is 22.7 Å². The maximum absolute atomic E-state index is 12.4. The van der Waals surface area contributed by atoms with Gasteiger partial charge >= 0.3 is 0 Å². The molecule has 0 saturated carbocycles. The van der Waals surface area contributed by atoms with Crippen molar-refractivity contribution in [2.45, 2.75) is 25.2 Å². The zero-order valence-electron chi connectivity index (χ0n) is 12.4. The molecule has 5 nitrogen and oxygen atoms in total. The van der Waals surface area contributed by atoms with Crippen LogP contribution in [-0.4, -0.2) is 21.2 Å². The summed E-state index contributed by atoms with van der Waals surface area (Å²) in [5, 5.41) is 15.7. The SMILES string of the molecule is CCc1nnsc1C(=O)Nc1ccccc1SC[C@@H](C)C#N. The minimum absolute atomic E-state index is 0.0360. The van der Waals surface area contributed by atoms with Gasteiger partial charge in [0.2, 0.25) is 0 Å². The number of nitrogens with zero attached hydrogens (tertiary/aromatic N) is 3. The van der Waals surface area contributed by atoms with Crippen LogP contribution in [0.25, 0.3) is 0 Å². The summed E-state index contributed by atoms with van der Waals surface area (Å²) in [4.78, 5) is 13.9. The molecule has 1 heterocycles. The van der Waals surface area contributed by atoms with Crippen LogP contribution in [-0.2, 0) is 6.42 Å². The van der Waals surface area contributed by atoms with E-state index in [0.717, 1.165) is 22.1 Å². The Morgan fingerprint density at radius 3 is 3.00 bits per heavy atom. The van der Waals surface area contributed by atoms with Gasteiger partial charge in [-0.3, -0.25) is 4.79 Å². The van der Waals surface area contributed by atoms with Crippen LogP contribution in [0.5, 0.6) is 0 Å². The van der Waals surface area contributed by atoms with E-state index in [1.165, 1.54) is 0 Å². The number of benzene rings is 1. The number of aromatic nitrogens is 2. The third kappa shape index (κ3) is 4.06. The number of anilines is 1. The van der Waals surface area contributed by atoms with Gasteiger partial charge in [0.25, 0.3) is 5.91 Å². The maximum atomic E-state index is 12.4. The van der Waals surface area contributed by atoms with Crippen molar-refractivity contribution in [3.05, 3.63) is 34.8 Å². The molecular formula is C15H16N4OS2. The highest BCUT2D eigenvalue weighted by atomic mass is 32.2. The van der Waals surface area contributed by atoms with Crippen molar-refractivity contribution in [1.29, 1.82) is 5.26 Å². The summed E-state index contributed by atoms with van der Waals surface area (Å²) in [7, 11) is 0. The van der Waals surface area contributed by atoms with Gasteiger partial charge in [-0.2, -0.15) is 5.26 Å². The Morgan fingerprint density at radius 2 is 2.27 bits per heavy atom. The quantitative estimate of drug-likeness (QED) is 0.818. The highest BCUT2D eigenvalue weighted by Gasteiger charge is 2.16. The second-order valence-electron chi connectivity index (χ2n) is 4.69. The number of carbonyl (C=O) groups is 1. The first-order valence-electron chi connectivity index (χ1n) is 6.89. The van der Waals surface area contributed by atoms with E-state index in [4.69, 9.17) is 5.26 Å². The minimum atomic E-state index is -0.187. The molecule has 22 heavy (non-hydrogen) atoms. The number of para-hydroxylation sites is 1. The van der Waals surface area contributed by atoms with Crippen LogP contribution >= 0.6 is 23.3 Å². The van der Waals surface area contributed by atoms with Crippen LogP contribution in [0.15, 0.2) is 29.2 Å². The van der Waals surface area contributed by atoms with Crippen LogP contribution in [0.4, 0.5) is 5.69 Å². The fourth-order valence-corrected chi connectivity index (χ4v) is 3.34. The molecule has 0 aliphatic heterocycles. The average molecular weight is 332 g/mol. The standard InChI is InChI=1S/C15H16N4OS2/c1-3-11-14(22-19-18-11)15(20)17-12-6-4-5-7-13(12)21-9-10(2)8-16/h4-7,10H,3,9H2,1-2H3,(H,17,20)/t10-/m0/s1. The van der Waals surface area contributed by atoms with Crippen molar-refractivity contribution in [3.63, 3.8) is 0 Å². The van der Waals surface area contributed by atoms with Crippen molar-refractivity contribution in [3.8, 4) is 6.07 Å². The normalized spacial score (nSPS) is 11.7. The molecule has 2 rings (SSSR count). The molecule has 1 N–H and O–H groups in total. The Kier molecular flexibility index (Phi) is 5.92. The van der Waals surface area contributed by atoms with Gasteiger partial charge in [-0.1, -0.05) is 23.5 Å². The molecule has 0 bridgehead atoms. The van der Waals surface area contributed by atoms with E-state index in [1.807, 2.05) is 38.1 Å². The highest BCUT2D eigenvalue weighted by Crippen LogP contribution is 2.29. The average Bonchev–Trinajstić information content (AvgIpc) is 3.02. The van der Waals surface area contributed by atoms with Gasteiger partial charge < -0.3 is 5.32 Å². The van der Waals surface area contributed by atoms with Gasteiger partial charge in [0, 0.05) is 10.6 Å². The lowest BCUT2D eigenvalue weighted by atomic mass is 10.2. The first kappa shape index (κ1) is 16.5. The highest BCUT2D eigenvalue weighted by molar-refractivity contribution is 7.99. The third-order valence-electron chi connectivity index (χ3n) is 2.94. The largest absolute Gasteiger partial charge is 0.320 e. The van der Waals surface area contributed by atoms with Crippen molar-refractivity contribution in [1.82, 2.24) is 9.59 Å². The Balaban J connectivity index is 2.13. The summed E-state index contributed by atoms with van der Waals surface area (Å²) >= 11 is 2.67. The van der Waals surface area contributed by atoms with Gasteiger partial charge in [-0.15, -0.1) is 16.9 Å². The molecule has 0 radical (unpaired) electrons. The van der Waals surface area contributed by atoms with E-state index in [1.54, 1.807) is 11.8 Å². The number of nitrogens with one attached hydrogen (secondary N) is 1. The van der Waals surface area contributed by atoms with Gasteiger partial charge in [0.1, 0.15) is 4.88 Å². The molecule has 0 aliphatic carbocycles. The monoisotopic (exact) mass is 332 g/mol.